The Kier molecular flexibility index (Phi) is 3.79. The van der Waals surface area contributed by atoms with Gasteiger partial charge in [0.2, 0.25) is 11.9 Å². The Morgan fingerprint density at radius 1 is 1.14 bits per heavy atom. The Morgan fingerprint density at radius 3 is 2.50 bits per heavy atom. The lowest BCUT2D eigenvalue weighted by molar-refractivity contribution is -0.117. The highest BCUT2D eigenvalue weighted by Crippen LogP contribution is 2.41. The summed E-state index contributed by atoms with van der Waals surface area (Å²) in [4.78, 5) is 22.5. The molecule has 1 amide bonds. The van der Waals surface area contributed by atoms with Crippen LogP contribution in [-0.4, -0.2) is 21.9 Å². The Balaban J connectivity index is 2.03. The van der Waals surface area contributed by atoms with Crippen LogP contribution in [0.25, 0.3) is 0 Å². The number of carbonyl (C=O) groups excluding carboxylic acids is 1. The number of aromatic nitrogens is 2. The first-order valence-corrected chi connectivity index (χ1v) is 7.52. The summed E-state index contributed by atoms with van der Waals surface area (Å²) < 4.78 is 0. The van der Waals surface area contributed by atoms with Crippen molar-refractivity contribution in [1.29, 1.82) is 0 Å². The molecule has 5 nitrogen and oxygen atoms in total. The molecular formula is C17H20N4O. The van der Waals surface area contributed by atoms with Crippen molar-refractivity contribution < 1.29 is 4.79 Å². The molecule has 0 aliphatic carbocycles. The summed E-state index contributed by atoms with van der Waals surface area (Å²) in [6, 6.07) is 10.0. The number of benzene rings is 1. The molecule has 0 spiro atoms. The lowest BCUT2D eigenvalue weighted by Crippen LogP contribution is -2.48. The van der Waals surface area contributed by atoms with Crippen LogP contribution in [0.5, 0.6) is 0 Å². The van der Waals surface area contributed by atoms with E-state index in [1.54, 1.807) is 25.4 Å². The summed E-state index contributed by atoms with van der Waals surface area (Å²) in [5.41, 5.74) is 2.07. The SMILES string of the molecule is CC(=O)N1c2ccccc2C(Nc2ncccn2)[C@@H](C)[C@@H]1C. The van der Waals surface area contributed by atoms with Crippen LogP contribution in [-0.2, 0) is 4.79 Å². The maximum atomic E-state index is 12.1. The molecule has 114 valence electrons. The highest BCUT2D eigenvalue weighted by Gasteiger charge is 2.38. The van der Waals surface area contributed by atoms with Crippen LogP contribution in [0.3, 0.4) is 0 Å². The molecule has 0 radical (unpaired) electrons. The minimum atomic E-state index is 0.0706. The van der Waals surface area contributed by atoms with E-state index >= 15 is 0 Å². The predicted octanol–water partition coefficient (Wildman–Crippen LogP) is 3.02. The molecule has 3 atom stereocenters. The first kappa shape index (κ1) is 14.5. The zero-order chi connectivity index (χ0) is 15.7. The summed E-state index contributed by atoms with van der Waals surface area (Å²) in [6.07, 6.45) is 3.44. The number of para-hydroxylation sites is 1. The third-order valence-electron chi connectivity index (χ3n) is 4.41. The third-order valence-corrected chi connectivity index (χ3v) is 4.41. The highest BCUT2D eigenvalue weighted by atomic mass is 16.2. The normalized spacial score (nSPS) is 23.8. The first-order chi connectivity index (χ1) is 10.6. The van der Waals surface area contributed by atoms with Crippen molar-refractivity contribution in [3.05, 3.63) is 48.3 Å². The number of carbonyl (C=O) groups is 1. The van der Waals surface area contributed by atoms with Gasteiger partial charge >= 0.3 is 0 Å². The van der Waals surface area contributed by atoms with Crippen molar-refractivity contribution in [3.8, 4) is 0 Å². The van der Waals surface area contributed by atoms with E-state index in [0.29, 0.717) is 5.95 Å². The van der Waals surface area contributed by atoms with Gasteiger partial charge in [0.1, 0.15) is 0 Å². The standard InChI is InChI=1S/C17H20N4O/c1-11-12(2)21(13(3)22)15-8-5-4-7-14(15)16(11)20-17-18-9-6-10-19-17/h4-12,16H,1-3H3,(H,18,19,20)/t11-,12-,16?/m0/s1. The summed E-state index contributed by atoms with van der Waals surface area (Å²) in [7, 11) is 0. The quantitative estimate of drug-likeness (QED) is 0.925. The van der Waals surface area contributed by atoms with Crippen molar-refractivity contribution in [2.45, 2.75) is 32.9 Å². The number of amides is 1. The van der Waals surface area contributed by atoms with Gasteiger partial charge in [0.15, 0.2) is 0 Å². The van der Waals surface area contributed by atoms with Gasteiger partial charge in [-0.15, -0.1) is 0 Å². The van der Waals surface area contributed by atoms with Crippen molar-refractivity contribution in [2.75, 3.05) is 10.2 Å². The van der Waals surface area contributed by atoms with Crippen LogP contribution in [0.2, 0.25) is 0 Å². The van der Waals surface area contributed by atoms with Gasteiger partial charge in [-0.05, 0) is 24.6 Å². The Morgan fingerprint density at radius 2 is 1.82 bits per heavy atom. The molecule has 1 unspecified atom stereocenters. The molecule has 0 saturated carbocycles. The lowest BCUT2D eigenvalue weighted by atomic mass is 9.83. The van der Waals surface area contributed by atoms with E-state index in [-0.39, 0.29) is 23.9 Å². The number of fused-ring (bicyclic) bond motifs is 1. The first-order valence-electron chi connectivity index (χ1n) is 7.52. The zero-order valence-corrected chi connectivity index (χ0v) is 13.0. The van der Waals surface area contributed by atoms with E-state index in [4.69, 9.17) is 0 Å². The molecule has 0 saturated heterocycles. The second-order valence-electron chi connectivity index (χ2n) is 5.74. The van der Waals surface area contributed by atoms with Crippen molar-refractivity contribution in [2.24, 2.45) is 5.92 Å². The molecule has 0 bridgehead atoms. The van der Waals surface area contributed by atoms with E-state index < -0.39 is 0 Å². The minimum absolute atomic E-state index is 0.0706. The summed E-state index contributed by atoms with van der Waals surface area (Å²) >= 11 is 0. The molecule has 3 rings (SSSR count). The molecule has 1 aliphatic rings. The Labute approximate surface area is 130 Å². The van der Waals surface area contributed by atoms with Crippen LogP contribution < -0.4 is 10.2 Å². The molecular weight excluding hydrogens is 276 g/mol. The fourth-order valence-electron chi connectivity index (χ4n) is 3.16. The van der Waals surface area contributed by atoms with Crippen molar-refractivity contribution in [1.82, 2.24) is 9.97 Å². The average Bonchev–Trinajstić information content (AvgIpc) is 2.52. The van der Waals surface area contributed by atoms with Crippen LogP contribution in [0.15, 0.2) is 42.7 Å². The predicted molar refractivity (Wildman–Crippen MR) is 86.6 cm³/mol. The molecule has 5 heteroatoms. The molecule has 2 aromatic rings. The maximum Gasteiger partial charge on any atom is 0.224 e. The number of hydrogen-bond acceptors (Lipinski definition) is 4. The molecule has 1 aliphatic heterocycles. The smallest absolute Gasteiger partial charge is 0.224 e. The summed E-state index contributed by atoms with van der Waals surface area (Å²) in [6.45, 7) is 5.85. The molecule has 1 aromatic carbocycles. The number of nitrogens with zero attached hydrogens (tertiary/aromatic N) is 3. The molecule has 22 heavy (non-hydrogen) atoms. The second kappa shape index (κ2) is 5.75. The van der Waals surface area contributed by atoms with Gasteiger partial charge < -0.3 is 10.2 Å². The number of rotatable bonds is 2. The van der Waals surface area contributed by atoms with Gasteiger partial charge in [-0.25, -0.2) is 9.97 Å². The van der Waals surface area contributed by atoms with E-state index in [2.05, 4.69) is 35.2 Å². The third kappa shape index (κ3) is 2.43. The van der Waals surface area contributed by atoms with E-state index in [1.807, 2.05) is 23.1 Å². The average molecular weight is 296 g/mol. The van der Waals surface area contributed by atoms with E-state index in [1.165, 1.54) is 0 Å². The van der Waals surface area contributed by atoms with E-state index in [0.717, 1.165) is 11.3 Å². The molecule has 1 N–H and O–H groups in total. The van der Waals surface area contributed by atoms with Crippen LogP contribution in [0, 0.1) is 5.92 Å². The highest BCUT2D eigenvalue weighted by molar-refractivity contribution is 5.93. The fourth-order valence-corrected chi connectivity index (χ4v) is 3.16. The van der Waals surface area contributed by atoms with Gasteiger partial charge in [0.25, 0.3) is 0 Å². The van der Waals surface area contributed by atoms with Gasteiger partial charge in [-0.3, -0.25) is 4.79 Å². The Hall–Kier alpha value is -2.43. The summed E-state index contributed by atoms with van der Waals surface area (Å²) in [5, 5.41) is 3.42. The van der Waals surface area contributed by atoms with Crippen LogP contribution in [0.4, 0.5) is 11.6 Å². The number of anilines is 2. The van der Waals surface area contributed by atoms with Gasteiger partial charge in [0.05, 0.1) is 6.04 Å². The number of hydrogen-bond donors (Lipinski definition) is 1. The fraction of sp³-hybridized carbons (Fsp3) is 0.353. The van der Waals surface area contributed by atoms with E-state index in [9.17, 15) is 4.79 Å². The topological polar surface area (TPSA) is 58.1 Å². The second-order valence-corrected chi connectivity index (χ2v) is 5.74. The van der Waals surface area contributed by atoms with Crippen LogP contribution >= 0.6 is 0 Å². The van der Waals surface area contributed by atoms with Gasteiger partial charge in [-0.1, -0.05) is 25.1 Å². The minimum Gasteiger partial charge on any atom is -0.347 e. The van der Waals surface area contributed by atoms with Crippen LogP contribution in [0.1, 0.15) is 32.4 Å². The zero-order valence-electron chi connectivity index (χ0n) is 13.0. The van der Waals surface area contributed by atoms with Crippen molar-refractivity contribution >= 4 is 17.5 Å². The lowest BCUT2D eigenvalue weighted by Gasteiger charge is -2.43. The van der Waals surface area contributed by atoms with Gasteiger partial charge in [0, 0.05) is 37.0 Å². The maximum absolute atomic E-state index is 12.1. The molecule has 0 fully saturated rings. The Bertz CT molecular complexity index is 673. The summed E-state index contributed by atoms with van der Waals surface area (Å²) in [5.74, 6) is 0.918. The largest absolute Gasteiger partial charge is 0.347 e. The monoisotopic (exact) mass is 296 g/mol. The molecule has 1 aromatic heterocycles. The molecule has 2 heterocycles. The van der Waals surface area contributed by atoms with Gasteiger partial charge in [-0.2, -0.15) is 0 Å². The van der Waals surface area contributed by atoms with Crippen molar-refractivity contribution in [3.63, 3.8) is 0 Å². The number of nitrogens with one attached hydrogen (secondary N) is 1.